The Hall–Kier alpha value is -1.06. The van der Waals surface area contributed by atoms with Crippen LogP contribution >= 0.6 is 11.6 Å². The van der Waals surface area contributed by atoms with Gasteiger partial charge in [0.15, 0.2) is 0 Å². The van der Waals surface area contributed by atoms with Gasteiger partial charge in [0.25, 0.3) is 0 Å². The molecule has 1 aliphatic rings. The number of rotatable bonds is 3. The molecule has 0 aliphatic carbocycles. The van der Waals surface area contributed by atoms with Gasteiger partial charge in [0.2, 0.25) is 5.91 Å². The Morgan fingerprint density at radius 3 is 2.89 bits per heavy atom. The van der Waals surface area contributed by atoms with Crippen LogP contribution in [0.4, 0.5) is 0 Å². The monoisotopic (exact) mass is 266 g/mol. The van der Waals surface area contributed by atoms with Crippen molar-refractivity contribution in [2.24, 2.45) is 0 Å². The molecule has 1 N–H and O–H groups in total. The Kier molecular flexibility index (Phi) is 4.25. The van der Waals surface area contributed by atoms with Crippen molar-refractivity contribution in [1.82, 2.24) is 10.2 Å². The summed E-state index contributed by atoms with van der Waals surface area (Å²) in [7, 11) is 1.81. The Morgan fingerprint density at radius 2 is 2.22 bits per heavy atom. The summed E-state index contributed by atoms with van der Waals surface area (Å²) < 4.78 is 0. The Morgan fingerprint density at radius 1 is 1.50 bits per heavy atom. The van der Waals surface area contributed by atoms with E-state index in [1.54, 1.807) is 0 Å². The number of nitrogens with zero attached hydrogens (tertiary/aromatic N) is 1. The number of nitrogens with one attached hydrogen (secondary N) is 1. The number of hydrogen-bond acceptors (Lipinski definition) is 2. The van der Waals surface area contributed by atoms with Crippen molar-refractivity contribution in [3.05, 3.63) is 34.9 Å². The molecule has 0 spiro atoms. The summed E-state index contributed by atoms with van der Waals surface area (Å²) in [6, 6.07) is 7.78. The maximum Gasteiger partial charge on any atom is 0.239 e. The number of hydrogen-bond donors (Lipinski definition) is 1. The van der Waals surface area contributed by atoms with Crippen molar-refractivity contribution in [2.45, 2.75) is 31.8 Å². The molecular weight excluding hydrogens is 248 g/mol. The van der Waals surface area contributed by atoms with Gasteiger partial charge in [-0.05, 0) is 38.4 Å². The Bertz CT molecular complexity index is 436. The highest BCUT2D eigenvalue weighted by Gasteiger charge is 2.32. The molecule has 1 aliphatic heterocycles. The molecule has 0 bridgehead atoms. The Labute approximate surface area is 113 Å². The third-order valence-corrected chi connectivity index (χ3v) is 3.95. The highest BCUT2D eigenvalue weighted by molar-refractivity contribution is 6.31. The van der Waals surface area contributed by atoms with Crippen LogP contribution in [-0.4, -0.2) is 30.4 Å². The minimum absolute atomic E-state index is 0.127. The number of benzene rings is 1. The Balaban J connectivity index is 2.23. The van der Waals surface area contributed by atoms with Crippen molar-refractivity contribution in [2.75, 3.05) is 13.6 Å². The second-order valence-electron chi connectivity index (χ2n) is 4.72. The van der Waals surface area contributed by atoms with Crippen LogP contribution < -0.4 is 5.32 Å². The number of amides is 1. The van der Waals surface area contributed by atoms with E-state index in [0.717, 1.165) is 30.0 Å². The van der Waals surface area contributed by atoms with E-state index < -0.39 is 0 Å². The zero-order valence-electron chi connectivity index (χ0n) is 10.8. The quantitative estimate of drug-likeness (QED) is 0.912. The van der Waals surface area contributed by atoms with Crippen LogP contribution in [0.2, 0.25) is 5.02 Å². The fourth-order valence-corrected chi connectivity index (χ4v) is 2.73. The summed E-state index contributed by atoms with van der Waals surface area (Å²) in [6.45, 7) is 2.71. The summed E-state index contributed by atoms with van der Waals surface area (Å²) in [5.41, 5.74) is 1.06. The van der Waals surface area contributed by atoms with Crippen LogP contribution in [0.1, 0.15) is 31.4 Å². The van der Waals surface area contributed by atoms with E-state index in [9.17, 15) is 4.79 Å². The fourth-order valence-electron chi connectivity index (χ4n) is 2.47. The predicted octanol–water partition coefficient (Wildman–Crippen LogP) is 2.61. The summed E-state index contributed by atoms with van der Waals surface area (Å²) in [5, 5.41) is 3.75. The highest BCUT2D eigenvalue weighted by Crippen LogP contribution is 2.35. The lowest BCUT2D eigenvalue weighted by molar-refractivity contribution is -0.133. The average molecular weight is 267 g/mol. The van der Waals surface area contributed by atoms with Gasteiger partial charge in [-0.25, -0.2) is 0 Å². The molecule has 0 radical (unpaired) electrons. The summed E-state index contributed by atoms with van der Waals surface area (Å²) in [5.74, 6) is 0.153. The number of carbonyl (C=O) groups excluding carboxylic acids is 1. The van der Waals surface area contributed by atoms with Gasteiger partial charge in [-0.1, -0.05) is 29.8 Å². The van der Waals surface area contributed by atoms with Crippen LogP contribution in [0.5, 0.6) is 0 Å². The van der Waals surface area contributed by atoms with Gasteiger partial charge in [0.1, 0.15) is 0 Å². The summed E-state index contributed by atoms with van der Waals surface area (Å²) in [6.07, 6.45) is 2.03. The molecule has 1 saturated heterocycles. The lowest BCUT2D eigenvalue weighted by Crippen LogP contribution is -2.43. The minimum atomic E-state index is -0.145. The largest absolute Gasteiger partial charge is 0.334 e. The summed E-state index contributed by atoms with van der Waals surface area (Å²) >= 11 is 6.23. The van der Waals surface area contributed by atoms with Crippen molar-refractivity contribution >= 4 is 17.5 Å². The van der Waals surface area contributed by atoms with Crippen molar-refractivity contribution in [1.29, 1.82) is 0 Å². The molecule has 4 heteroatoms. The maximum atomic E-state index is 12.3. The molecule has 1 aromatic carbocycles. The molecule has 1 aromatic rings. The molecule has 0 aromatic heterocycles. The van der Waals surface area contributed by atoms with E-state index in [1.807, 2.05) is 43.1 Å². The summed E-state index contributed by atoms with van der Waals surface area (Å²) in [4.78, 5) is 14.2. The molecule has 3 nitrogen and oxygen atoms in total. The van der Waals surface area contributed by atoms with Gasteiger partial charge < -0.3 is 10.2 Å². The number of likely N-dealkylation sites (tertiary alicyclic amines) is 1. The fraction of sp³-hybridized carbons (Fsp3) is 0.500. The zero-order chi connectivity index (χ0) is 13.1. The molecule has 18 heavy (non-hydrogen) atoms. The van der Waals surface area contributed by atoms with Crippen molar-refractivity contribution < 1.29 is 4.79 Å². The van der Waals surface area contributed by atoms with Crippen LogP contribution in [0.3, 0.4) is 0 Å². The number of carbonyl (C=O) groups is 1. The molecule has 2 rings (SSSR count). The van der Waals surface area contributed by atoms with Crippen LogP contribution in [0, 0.1) is 0 Å². The van der Waals surface area contributed by atoms with E-state index in [4.69, 9.17) is 11.6 Å². The molecule has 1 amide bonds. The third-order valence-electron chi connectivity index (χ3n) is 3.60. The first kappa shape index (κ1) is 13.4. The molecule has 2 atom stereocenters. The van der Waals surface area contributed by atoms with Gasteiger partial charge in [-0.2, -0.15) is 0 Å². The zero-order valence-corrected chi connectivity index (χ0v) is 11.6. The highest BCUT2D eigenvalue weighted by atomic mass is 35.5. The van der Waals surface area contributed by atoms with Gasteiger partial charge >= 0.3 is 0 Å². The van der Waals surface area contributed by atoms with E-state index in [1.165, 1.54) is 0 Å². The molecule has 1 heterocycles. The number of likely N-dealkylation sites (N-methyl/N-ethyl adjacent to an activating group) is 1. The smallest absolute Gasteiger partial charge is 0.239 e. The molecular formula is C14H19ClN2O. The minimum Gasteiger partial charge on any atom is -0.334 e. The first-order chi connectivity index (χ1) is 8.65. The molecule has 1 fully saturated rings. The lowest BCUT2D eigenvalue weighted by atomic mass is 10.0. The van der Waals surface area contributed by atoms with E-state index >= 15 is 0 Å². The van der Waals surface area contributed by atoms with E-state index in [0.29, 0.717) is 0 Å². The molecule has 98 valence electrons. The van der Waals surface area contributed by atoms with Gasteiger partial charge in [-0.3, -0.25) is 4.79 Å². The second kappa shape index (κ2) is 5.72. The van der Waals surface area contributed by atoms with Gasteiger partial charge in [0, 0.05) is 11.6 Å². The SMILES string of the molecule is CNC(C)C(=O)N1CCCC1c1ccccc1Cl. The van der Waals surface area contributed by atoms with Crippen molar-refractivity contribution in [3.8, 4) is 0 Å². The van der Waals surface area contributed by atoms with Gasteiger partial charge in [0.05, 0.1) is 12.1 Å². The second-order valence-corrected chi connectivity index (χ2v) is 5.13. The number of halogens is 1. The maximum absolute atomic E-state index is 12.3. The van der Waals surface area contributed by atoms with E-state index in [2.05, 4.69) is 5.32 Å². The third kappa shape index (κ3) is 2.52. The van der Waals surface area contributed by atoms with Crippen molar-refractivity contribution in [3.63, 3.8) is 0 Å². The first-order valence-corrected chi connectivity index (χ1v) is 6.75. The standard InChI is InChI=1S/C14H19ClN2O/c1-10(16-2)14(18)17-9-5-8-13(17)11-6-3-4-7-12(11)15/h3-4,6-7,10,13,16H,5,8-9H2,1-2H3. The molecule has 2 unspecified atom stereocenters. The average Bonchev–Trinajstić information content (AvgIpc) is 2.86. The van der Waals surface area contributed by atoms with Crippen LogP contribution in [0.15, 0.2) is 24.3 Å². The predicted molar refractivity (Wildman–Crippen MR) is 73.7 cm³/mol. The van der Waals surface area contributed by atoms with Gasteiger partial charge in [-0.15, -0.1) is 0 Å². The molecule has 0 saturated carbocycles. The topological polar surface area (TPSA) is 32.3 Å². The van der Waals surface area contributed by atoms with Crippen LogP contribution in [0.25, 0.3) is 0 Å². The lowest BCUT2D eigenvalue weighted by Gasteiger charge is -2.28. The first-order valence-electron chi connectivity index (χ1n) is 6.37. The normalized spacial score (nSPS) is 21.1. The van der Waals surface area contributed by atoms with E-state index in [-0.39, 0.29) is 18.0 Å². The van der Waals surface area contributed by atoms with Crippen LogP contribution in [-0.2, 0) is 4.79 Å².